The van der Waals surface area contributed by atoms with Crippen LogP contribution in [0.15, 0.2) is 6.20 Å². The van der Waals surface area contributed by atoms with E-state index in [-0.39, 0.29) is 12.0 Å². The van der Waals surface area contributed by atoms with Crippen LogP contribution in [0.5, 0.6) is 0 Å². The van der Waals surface area contributed by atoms with Crippen LogP contribution in [0, 0.1) is 0 Å². The predicted molar refractivity (Wildman–Crippen MR) is 56.5 cm³/mol. The molecule has 0 saturated carbocycles. The second kappa shape index (κ2) is 4.93. The van der Waals surface area contributed by atoms with Crippen LogP contribution in [0.2, 0.25) is 0 Å². The molecule has 2 N–H and O–H groups in total. The van der Waals surface area contributed by atoms with Crippen LogP contribution < -0.4 is 5.73 Å². The molecular formula is C10H17N3O2. The number of rotatable bonds is 4. The lowest BCUT2D eigenvalue weighted by Gasteiger charge is -2.07. The Morgan fingerprint density at radius 2 is 2.40 bits per heavy atom. The predicted octanol–water partition coefficient (Wildman–Crippen LogP) is 0.486. The molecule has 0 spiro atoms. The van der Waals surface area contributed by atoms with E-state index >= 15 is 0 Å². The molecule has 0 saturated heterocycles. The highest BCUT2D eigenvalue weighted by molar-refractivity contribution is 5.90. The van der Waals surface area contributed by atoms with Crippen molar-refractivity contribution in [3.63, 3.8) is 0 Å². The van der Waals surface area contributed by atoms with Gasteiger partial charge in [-0.1, -0.05) is 0 Å². The molecule has 0 amide bonds. The van der Waals surface area contributed by atoms with E-state index in [1.54, 1.807) is 4.68 Å². The topological polar surface area (TPSA) is 70.1 Å². The zero-order valence-electron chi connectivity index (χ0n) is 9.36. The van der Waals surface area contributed by atoms with Gasteiger partial charge in [-0.3, -0.25) is 4.68 Å². The summed E-state index contributed by atoms with van der Waals surface area (Å²) in [7, 11) is 3.17. The van der Waals surface area contributed by atoms with Crippen LogP contribution >= 0.6 is 0 Å². The summed E-state index contributed by atoms with van der Waals surface area (Å²) in [5.41, 5.74) is 7.07. The molecule has 0 radical (unpaired) electrons. The summed E-state index contributed by atoms with van der Waals surface area (Å²) in [5.74, 6) is -0.345. The second-order valence-electron chi connectivity index (χ2n) is 3.64. The van der Waals surface area contributed by atoms with Crippen molar-refractivity contribution in [1.82, 2.24) is 9.78 Å². The minimum absolute atomic E-state index is 0.116. The van der Waals surface area contributed by atoms with Crippen LogP contribution in [0.3, 0.4) is 0 Å². The van der Waals surface area contributed by atoms with Crippen molar-refractivity contribution < 1.29 is 9.53 Å². The summed E-state index contributed by atoms with van der Waals surface area (Å²) in [6.07, 6.45) is 3.09. The SMILES string of the molecule is COC(=O)c1cnn(C)c1CC[C@H](C)N. The Kier molecular flexibility index (Phi) is 3.85. The largest absolute Gasteiger partial charge is 0.465 e. The van der Waals surface area contributed by atoms with Gasteiger partial charge in [0, 0.05) is 13.1 Å². The lowest BCUT2D eigenvalue weighted by atomic mass is 10.1. The van der Waals surface area contributed by atoms with Crippen LogP contribution in [0.25, 0.3) is 0 Å². The summed E-state index contributed by atoms with van der Waals surface area (Å²) in [5, 5.41) is 4.04. The van der Waals surface area contributed by atoms with Crippen molar-refractivity contribution in [1.29, 1.82) is 0 Å². The molecular weight excluding hydrogens is 194 g/mol. The van der Waals surface area contributed by atoms with Crippen molar-refractivity contribution in [2.24, 2.45) is 12.8 Å². The van der Waals surface area contributed by atoms with Gasteiger partial charge in [0.05, 0.1) is 19.0 Å². The highest BCUT2D eigenvalue weighted by Crippen LogP contribution is 2.11. The third kappa shape index (κ3) is 2.79. The molecule has 0 unspecified atom stereocenters. The molecule has 1 atom stereocenters. The molecule has 0 aliphatic heterocycles. The highest BCUT2D eigenvalue weighted by Gasteiger charge is 2.16. The zero-order valence-corrected chi connectivity index (χ0v) is 9.36. The Morgan fingerprint density at radius 1 is 1.73 bits per heavy atom. The van der Waals surface area contributed by atoms with Gasteiger partial charge in [0.1, 0.15) is 5.56 Å². The van der Waals surface area contributed by atoms with E-state index in [0.717, 1.165) is 18.5 Å². The van der Waals surface area contributed by atoms with Crippen molar-refractivity contribution in [3.05, 3.63) is 17.5 Å². The van der Waals surface area contributed by atoms with Gasteiger partial charge >= 0.3 is 5.97 Å². The standard InChI is InChI=1S/C10H17N3O2/c1-7(11)4-5-9-8(10(14)15-3)6-12-13(9)2/h6-7H,4-5,11H2,1-3H3/t7-/m0/s1. The number of nitrogens with zero attached hydrogens (tertiary/aromatic N) is 2. The molecule has 1 aromatic heterocycles. The molecule has 1 heterocycles. The van der Waals surface area contributed by atoms with Gasteiger partial charge in [-0.05, 0) is 19.8 Å². The number of methoxy groups -OCH3 is 1. The zero-order chi connectivity index (χ0) is 11.4. The molecule has 0 aromatic carbocycles. The number of hydrogen-bond acceptors (Lipinski definition) is 4. The van der Waals surface area contributed by atoms with E-state index in [4.69, 9.17) is 5.73 Å². The normalized spacial score (nSPS) is 12.5. The maximum atomic E-state index is 11.4. The van der Waals surface area contributed by atoms with E-state index in [1.165, 1.54) is 13.3 Å². The molecule has 0 aliphatic carbocycles. The Labute approximate surface area is 89.2 Å². The summed E-state index contributed by atoms with van der Waals surface area (Å²) in [6, 6.07) is 0.116. The number of nitrogens with two attached hydrogens (primary N) is 1. The first kappa shape index (κ1) is 11.7. The molecule has 5 nitrogen and oxygen atoms in total. The van der Waals surface area contributed by atoms with Crippen molar-refractivity contribution in [2.75, 3.05) is 7.11 Å². The average Bonchev–Trinajstić information content (AvgIpc) is 2.55. The first-order valence-corrected chi connectivity index (χ1v) is 4.91. The van der Waals surface area contributed by atoms with Gasteiger partial charge < -0.3 is 10.5 Å². The summed E-state index contributed by atoms with van der Waals surface area (Å²) < 4.78 is 6.36. The molecule has 0 aliphatic rings. The third-order valence-corrected chi connectivity index (χ3v) is 2.30. The van der Waals surface area contributed by atoms with Gasteiger partial charge in [0.25, 0.3) is 0 Å². The van der Waals surface area contributed by atoms with E-state index in [2.05, 4.69) is 9.84 Å². The molecule has 1 aromatic rings. The maximum absolute atomic E-state index is 11.4. The summed E-state index contributed by atoms with van der Waals surface area (Å²) in [4.78, 5) is 11.4. The Morgan fingerprint density at radius 3 is 2.93 bits per heavy atom. The number of carbonyl (C=O) groups excluding carboxylic acids is 1. The number of hydrogen-bond donors (Lipinski definition) is 1. The van der Waals surface area contributed by atoms with Crippen molar-refractivity contribution in [2.45, 2.75) is 25.8 Å². The number of aromatic nitrogens is 2. The first-order valence-electron chi connectivity index (χ1n) is 4.91. The van der Waals surface area contributed by atoms with Gasteiger partial charge in [-0.15, -0.1) is 0 Å². The smallest absolute Gasteiger partial charge is 0.341 e. The lowest BCUT2D eigenvalue weighted by molar-refractivity contribution is 0.0599. The lowest BCUT2D eigenvalue weighted by Crippen LogP contribution is -2.17. The number of carbonyl (C=O) groups is 1. The highest BCUT2D eigenvalue weighted by atomic mass is 16.5. The van der Waals surface area contributed by atoms with Crippen molar-refractivity contribution in [3.8, 4) is 0 Å². The molecule has 15 heavy (non-hydrogen) atoms. The second-order valence-corrected chi connectivity index (χ2v) is 3.64. The van der Waals surface area contributed by atoms with Gasteiger partial charge in [0.15, 0.2) is 0 Å². The molecule has 5 heteroatoms. The first-order chi connectivity index (χ1) is 7.06. The number of esters is 1. The van der Waals surface area contributed by atoms with Crippen LogP contribution in [0.4, 0.5) is 0 Å². The van der Waals surface area contributed by atoms with E-state index in [0.29, 0.717) is 5.56 Å². The number of ether oxygens (including phenoxy) is 1. The number of aryl methyl sites for hydroxylation is 1. The molecule has 0 fully saturated rings. The fraction of sp³-hybridized carbons (Fsp3) is 0.600. The minimum Gasteiger partial charge on any atom is -0.465 e. The third-order valence-electron chi connectivity index (χ3n) is 2.30. The summed E-state index contributed by atoms with van der Waals surface area (Å²) >= 11 is 0. The van der Waals surface area contributed by atoms with Gasteiger partial charge in [-0.2, -0.15) is 5.10 Å². The fourth-order valence-corrected chi connectivity index (χ4v) is 1.40. The van der Waals surface area contributed by atoms with Crippen molar-refractivity contribution >= 4 is 5.97 Å². The Hall–Kier alpha value is -1.36. The Balaban J connectivity index is 2.84. The summed E-state index contributed by atoms with van der Waals surface area (Å²) in [6.45, 7) is 1.94. The quantitative estimate of drug-likeness (QED) is 0.736. The molecule has 84 valence electrons. The van der Waals surface area contributed by atoms with E-state index in [9.17, 15) is 4.79 Å². The van der Waals surface area contributed by atoms with E-state index in [1.807, 2.05) is 14.0 Å². The van der Waals surface area contributed by atoms with Crippen LogP contribution in [0.1, 0.15) is 29.4 Å². The molecule has 0 bridgehead atoms. The van der Waals surface area contributed by atoms with E-state index < -0.39 is 0 Å². The van der Waals surface area contributed by atoms with Crippen LogP contribution in [-0.4, -0.2) is 28.9 Å². The maximum Gasteiger partial charge on any atom is 0.341 e. The Bertz CT molecular complexity index is 344. The minimum atomic E-state index is -0.345. The van der Waals surface area contributed by atoms with Crippen LogP contribution in [-0.2, 0) is 18.2 Å². The average molecular weight is 211 g/mol. The fourth-order valence-electron chi connectivity index (χ4n) is 1.40. The van der Waals surface area contributed by atoms with Gasteiger partial charge in [-0.25, -0.2) is 4.79 Å². The monoisotopic (exact) mass is 211 g/mol. The van der Waals surface area contributed by atoms with Gasteiger partial charge in [0.2, 0.25) is 0 Å². The molecule has 1 rings (SSSR count).